The maximum absolute atomic E-state index is 12.3. The molecule has 0 aliphatic heterocycles. The van der Waals surface area contributed by atoms with Crippen LogP contribution >= 0.6 is 0 Å². The van der Waals surface area contributed by atoms with Crippen LogP contribution in [0.1, 0.15) is 15.9 Å². The molecule has 2 heterocycles. The number of rotatable bonds is 5. The third-order valence-electron chi connectivity index (χ3n) is 2.96. The number of nitrogens with two attached hydrogens (primary N) is 2. The molecule has 0 bridgehead atoms. The molecule has 0 spiro atoms. The van der Waals surface area contributed by atoms with E-state index in [2.05, 4.69) is 15.3 Å². The summed E-state index contributed by atoms with van der Waals surface area (Å²) in [6.45, 7) is 0. The first-order valence-corrected chi connectivity index (χ1v) is 6.54. The highest BCUT2D eigenvalue weighted by atomic mass is 16.5. The molecule has 2 aromatic heterocycles. The molecule has 0 saturated heterocycles. The van der Waals surface area contributed by atoms with E-state index in [0.29, 0.717) is 11.4 Å². The molecule has 2 amide bonds. The van der Waals surface area contributed by atoms with Crippen LogP contribution in [0.5, 0.6) is 5.88 Å². The number of hydrogen-bond donors (Lipinski definition) is 3. The fourth-order valence-corrected chi connectivity index (χ4v) is 1.79. The Morgan fingerprint density at radius 1 is 1.22 bits per heavy atom. The van der Waals surface area contributed by atoms with E-state index >= 15 is 0 Å². The predicted octanol–water partition coefficient (Wildman–Crippen LogP) is 0.522. The van der Waals surface area contributed by atoms with Gasteiger partial charge in [-0.3, -0.25) is 9.59 Å². The number of primary amides is 1. The molecule has 0 aliphatic carbocycles. The molecular weight excluding hydrogens is 298 g/mol. The van der Waals surface area contributed by atoms with Gasteiger partial charge in [0.25, 0.3) is 5.91 Å². The Kier molecular flexibility index (Phi) is 4.88. The minimum absolute atomic E-state index is 0.228. The summed E-state index contributed by atoms with van der Waals surface area (Å²) in [6, 6.07) is 6.15. The molecule has 2 rings (SSSR count). The van der Waals surface area contributed by atoms with Gasteiger partial charge in [-0.2, -0.15) is 0 Å². The summed E-state index contributed by atoms with van der Waals surface area (Å²) in [5.74, 6) is -0.430. The molecule has 0 radical (unpaired) electrons. The first-order valence-electron chi connectivity index (χ1n) is 6.54. The van der Waals surface area contributed by atoms with E-state index in [1.54, 1.807) is 12.1 Å². The van der Waals surface area contributed by atoms with Crippen molar-refractivity contribution in [2.24, 2.45) is 11.5 Å². The molecule has 0 saturated carbocycles. The van der Waals surface area contributed by atoms with E-state index in [-0.39, 0.29) is 17.0 Å². The molecule has 23 heavy (non-hydrogen) atoms. The molecule has 0 aromatic carbocycles. The Morgan fingerprint density at radius 2 is 2.00 bits per heavy atom. The monoisotopic (exact) mass is 313 g/mol. The van der Waals surface area contributed by atoms with E-state index in [0.717, 1.165) is 0 Å². The van der Waals surface area contributed by atoms with Crippen molar-refractivity contribution in [1.82, 2.24) is 9.97 Å². The summed E-state index contributed by atoms with van der Waals surface area (Å²) in [5, 5.41) is 2.58. The molecule has 5 N–H and O–H groups in total. The number of nitrogens with one attached hydrogen (secondary N) is 1. The first kappa shape index (κ1) is 16.0. The quantitative estimate of drug-likeness (QED) is 0.689. The van der Waals surface area contributed by atoms with Gasteiger partial charge in [-0.1, -0.05) is 0 Å². The Balaban J connectivity index is 2.18. The van der Waals surface area contributed by atoms with Gasteiger partial charge in [-0.25, -0.2) is 9.97 Å². The minimum Gasteiger partial charge on any atom is -0.481 e. The second-order valence-electron chi connectivity index (χ2n) is 4.42. The number of methoxy groups -OCH3 is 1. The number of ether oxygens (including phenoxy) is 1. The van der Waals surface area contributed by atoms with Crippen molar-refractivity contribution in [2.75, 3.05) is 12.4 Å². The van der Waals surface area contributed by atoms with Gasteiger partial charge in [0.15, 0.2) is 0 Å². The third kappa shape index (κ3) is 3.82. The Hall–Kier alpha value is -3.42. The molecule has 8 heteroatoms. The van der Waals surface area contributed by atoms with Crippen molar-refractivity contribution in [3.8, 4) is 5.88 Å². The van der Waals surface area contributed by atoms with Crippen LogP contribution in [0.2, 0.25) is 0 Å². The van der Waals surface area contributed by atoms with Crippen LogP contribution in [0.15, 0.2) is 42.9 Å². The third-order valence-corrected chi connectivity index (χ3v) is 2.96. The first-order chi connectivity index (χ1) is 11.0. The van der Waals surface area contributed by atoms with E-state index in [1.807, 2.05) is 0 Å². The topological polar surface area (TPSA) is 133 Å². The van der Waals surface area contributed by atoms with E-state index in [9.17, 15) is 9.59 Å². The molecule has 2 aromatic rings. The minimum atomic E-state index is -0.596. The predicted molar refractivity (Wildman–Crippen MR) is 84.3 cm³/mol. The van der Waals surface area contributed by atoms with Crippen LogP contribution < -0.4 is 21.5 Å². The highest BCUT2D eigenvalue weighted by Gasteiger charge is 2.14. The number of nitrogens with zero attached hydrogens (tertiary/aromatic N) is 2. The Bertz CT molecular complexity index is 756. The number of anilines is 1. The van der Waals surface area contributed by atoms with Crippen LogP contribution in [0, 0.1) is 0 Å². The van der Waals surface area contributed by atoms with Crippen LogP contribution in [-0.4, -0.2) is 28.9 Å². The van der Waals surface area contributed by atoms with Gasteiger partial charge in [-0.05, 0) is 23.8 Å². The van der Waals surface area contributed by atoms with Crippen molar-refractivity contribution in [3.05, 3.63) is 54.0 Å². The van der Waals surface area contributed by atoms with Gasteiger partial charge < -0.3 is 21.5 Å². The van der Waals surface area contributed by atoms with Crippen LogP contribution in [0.25, 0.3) is 5.57 Å². The molecule has 0 aliphatic rings. The summed E-state index contributed by atoms with van der Waals surface area (Å²) in [5.41, 5.74) is 11.7. The second kappa shape index (κ2) is 7.03. The molecule has 0 atom stereocenters. The van der Waals surface area contributed by atoms with Crippen molar-refractivity contribution in [1.29, 1.82) is 0 Å². The van der Waals surface area contributed by atoms with Crippen molar-refractivity contribution in [2.45, 2.75) is 0 Å². The number of hydrogen-bond acceptors (Lipinski definition) is 6. The van der Waals surface area contributed by atoms with Crippen molar-refractivity contribution >= 4 is 23.2 Å². The zero-order valence-corrected chi connectivity index (χ0v) is 12.3. The van der Waals surface area contributed by atoms with E-state index in [1.165, 1.54) is 37.8 Å². The number of aromatic nitrogens is 2. The lowest BCUT2D eigenvalue weighted by atomic mass is 10.1. The SMILES string of the molecule is COc1cc(C(=CN)C(=O)Nc2ccc(C(N)=O)cn2)ccn1. The maximum atomic E-state index is 12.3. The average molecular weight is 313 g/mol. The summed E-state index contributed by atoms with van der Waals surface area (Å²) in [6.07, 6.45) is 3.96. The number of carbonyl (C=O) groups is 2. The zero-order chi connectivity index (χ0) is 16.8. The van der Waals surface area contributed by atoms with Gasteiger partial charge in [0.2, 0.25) is 11.8 Å². The highest BCUT2D eigenvalue weighted by Crippen LogP contribution is 2.19. The van der Waals surface area contributed by atoms with Crippen molar-refractivity contribution in [3.63, 3.8) is 0 Å². The largest absolute Gasteiger partial charge is 0.481 e. The Morgan fingerprint density at radius 3 is 2.57 bits per heavy atom. The summed E-state index contributed by atoms with van der Waals surface area (Å²) in [7, 11) is 1.47. The van der Waals surface area contributed by atoms with Crippen LogP contribution in [0.4, 0.5) is 5.82 Å². The van der Waals surface area contributed by atoms with Crippen LogP contribution in [-0.2, 0) is 4.79 Å². The molecular formula is C15H15N5O3. The number of pyridine rings is 2. The summed E-state index contributed by atoms with van der Waals surface area (Å²) < 4.78 is 5.02. The second-order valence-corrected chi connectivity index (χ2v) is 4.42. The lowest BCUT2D eigenvalue weighted by Gasteiger charge is -2.09. The Labute approximate surface area is 132 Å². The average Bonchev–Trinajstić information content (AvgIpc) is 2.56. The van der Waals surface area contributed by atoms with Gasteiger partial charge in [-0.15, -0.1) is 0 Å². The summed E-state index contributed by atoms with van der Waals surface area (Å²) in [4.78, 5) is 31.2. The van der Waals surface area contributed by atoms with Gasteiger partial charge in [0.1, 0.15) is 5.82 Å². The lowest BCUT2D eigenvalue weighted by Crippen LogP contribution is -2.16. The van der Waals surface area contributed by atoms with Gasteiger partial charge in [0.05, 0.1) is 18.2 Å². The molecule has 118 valence electrons. The molecule has 0 fully saturated rings. The normalized spacial score (nSPS) is 10.9. The van der Waals surface area contributed by atoms with E-state index < -0.39 is 11.8 Å². The van der Waals surface area contributed by atoms with Gasteiger partial charge >= 0.3 is 0 Å². The highest BCUT2D eigenvalue weighted by molar-refractivity contribution is 6.25. The van der Waals surface area contributed by atoms with Crippen molar-refractivity contribution < 1.29 is 14.3 Å². The van der Waals surface area contributed by atoms with E-state index in [4.69, 9.17) is 16.2 Å². The van der Waals surface area contributed by atoms with Gasteiger partial charge in [0, 0.05) is 24.7 Å². The zero-order valence-electron chi connectivity index (χ0n) is 12.3. The smallest absolute Gasteiger partial charge is 0.258 e. The molecule has 8 nitrogen and oxygen atoms in total. The molecule has 0 unspecified atom stereocenters. The fraction of sp³-hybridized carbons (Fsp3) is 0.0667. The standard InChI is InChI=1S/C15H15N5O3/c1-23-13-6-9(4-5-18-13)11(7-16)15(22)20-12-3-2-10(8-19-12)14(17)21/h2-8H,16H2,1H3,(H2,17,21)(H,19,20,22). The van der Waals surface area contributed by atoms with Crippen LogP contribution in [0.3, 0.4) is 0 Å². The number of carbonyl (C=O) groups excluding carboxylic acids is 2. The fourth-order valence-electron chi connectivity index (χ4n) is 1.79. The number of amides is 2. The maximum Gasteiger partial charge on any atom is 0.258 e. The lowest BCUT2D eigenvalue weighted by molar-refractivity contribution is -0.111. The summed E-state index contributed by atoms with van der Waals surface area (Å²) >= 11 is 0.